The molecule has 250 valence electrons. The molecule has 2 atom stereocenters. The molecular formula is C36H72N2O4. The lowest BCUT2D eigenvalue weighted by Gasteiger charge is -2.24. The maximum absolute atomic E-state index is 12.2. The Hall–Kier alpha value is -1.14. The molecule has 0 aliphatic rings. The fourth-order valence-corrected chi connectivity index (χ4v) is 5.43. The maximum atomic E-state index is 12.2. The molecule has 2 unspecified atom stereocenters. The van der Waals surface area contributed by atoms with E-state index in [1.807, 2.05) is 0 Å². The molecule has 0 N–H and O–H groups in total. The number of esters is 2. The van der Waals surface area contributed by atoms with Gasteiger partial charge in [-0.15, -0.1) is 0 Å². The highest BCUT2D eigenvalue weighted by Crippen LogP contribution is 2.16. The normalized spacial score (nSPS) is 13.0. The summed E-state index contributed by atoms with van der Waals surface area (Å²) in [6.07, 6.45) is 22.7. The highest BCUT2D eigenvalue weighted by molar-refractivity contribution is 5.72. The first-order valence-electron chi connectivity index (χ1n) is 18.1. The third-order valence-corrected chi connectivity index (χ3v) is 8.55. The third kappa shape index (κ3) is 24.3. The average Bonchev–Trinajstić information content (AvgIpc) is 2.98. The highest BCUT2D eigenvalue weighted by atomic mass is 16.5. The highest BCUT2D eigenvalue weighted by Gasteiger charge is 2.17. The van der Waals surface area contributed by atoms with Crippen molar-refractivity contribution in [2.24, 2.45) is 11.8 Å². The van der Waals surface area contributed by atoms with E-state index in [9.17, 15) is 9.59 Å². The van der Waals surface area contributed by atoms with E-state index in [1.54, 1.807) is 0 Å². The van der Waals surface area contributed by atoms with Crippen LogP contribution in [0.25, 0.3) is 0 Å². The summed E-state index contributed by atoms with van der Waals surface area (Å²) < 4.78 is 11.1. The van der Waals surface area contributed by atoms with E-state index in [2.05, 4.69) is 51.6 Å². The van der Waals surface area contributed by atoms with Crippen molar-refractivity contribution in [2.75, 3.05) is 53.5 Å². The van der Waals surface area contributed by atoms with E-state index < -0.39 is 0 Å². The van der Waals surface area contributed by atoms with Crippen molar-refractivity contribution >= 4 is 11.9 Å². The zero-order valence-corrected chi connectivity index (χ0v) is 29.1. The predicted octanol–water partition coefficient (Wildman–Crippen LogP) is 9.05. The summed E-state index contributed by atoms with van der Waals surface area (Å²) in [4.78, 5) is 29.4. The largest absolute Gasteiger partial charge is 0.465 e. The molecule has 0 aromatic rings. The zero-order chi connectivity index (χ0) is 31.3. The lowest BCUT2D eigenvalue weighted by molar-refractivity contribution is -0.150. The van der Waals surface area contributed by atoms with Crippen LogP contribution in [0.3, 0.4) is 0 Å². The molecule has 6 heteroatoms. The zero-order valence-electron chi connectivity index (χ0n) is 29.1. The van der Waals surface area contributed by atoms with Crippen LogP contribution >= 0.6 is 0 Å². The molecule has 0 aliphatic carbocycles. The van der Waals surface area contributed by atoms with Gasteiger partial charge in [-0.3, -0.25) is 9.59 Å². The molecule has 0 bridgehead atoms. The Balaban J connectivity index is 3.89. The van der Waals surface area contributed by atoms with Gasteiger partial charge in [-0.1, -0.05) is 105 Å². The second-order valence-corrected chi connectivity index (χ2v) is 12.7. The summed E-state index contributed by atoms with van der Waals surface area (Å²) in [5.41, 5.74) is 0. The second-order valence-electron chi connectivity index (χ2n) is 12.7. The van der Waals surface area contributed by atoms with Crippen LogP contribution in [-0.2, 0) is 19.1 Å². The van der Waals surface area contributed by atoms with Gasteiger partial charge in [-0.2, -0.15) is 0 Å². The first-order valence-corrected chi connectivity index (χ1v) is 18.1. The van der Waals surface area contributed by atoms with Crippen molar-refractivity contribution < 1.29 is 19.1 Å². The van der Waals surface area contributed by atoms with E-state index >= 15 is 0 Å². The van der Waals surface area contributed by atoms with Crippen LogP contribution in [0.15, 0.2) is 0 Å². The van der Waals surface area contributed by atoms with Gasteiger partial charge in [0.15, 0.2) is 0 Å². The molecule has 0 aromatic heterocycles. The number of unbranched alkanes of at least 4 members (excludes halogenated alkanes) is 12. The maximum Gasteiger partial charge on any atom is 0.308 e. The van der Waals surface area contributed by atoms with Gasteiger partial charge >= 0.3 is 11.9 Å². The molecule has 0 aromatic carbocycles. The average molecular weight is 597 g/mol. The van der Waals surface area contributed by atoms with Gasteiger partial charge in [0.05, 0.1) is 25.0 Å². The van der Waals surface area contributed by atoms with Gasteiger partial charge in [-0.05, 0) is 78.6 Å². The van der Waals surface area contributed by atoms with Crippen molar-refractivity contribution in [2.45, 2.75) is 156 Å². The standard InChI is InChI=1S/C36H72N2O4/c1-7-11-25-33(9-3)35(39)41-31-23-19-15-13-17-21-27-38(30-29-37(5)6)28-22-18-14-16-20-24-32-42-36(40)34(10-4)26-12-8-2/h33-34H,7-32H2,1-6H3. The monoisotopic (exact) mass is 597 g/mol. The molecule has 0 fully saturated rings. The van der Waals surface area contributed by atoms with Crippen LogP contribution < -0.4 is 0 Å². The summed E-state index contributed by atoms with van der Waals surface area (Å²) in [5.74, 6) is 0.226. The lowest BCUT2D eigenvalue weighted by atomic mass is 10.00. The fraction of sp³-hybridized carbons (Fsp3) is 0.944. The second kappa shape index (κ2) is 29.9. The first kappa shape index (κ1) is 40.9. The number of nitrogens with zero attached hydrogens (tertiary/aromatic N) is 2. The van der Waals surface area contributed by atoms with Crippen LogP contribution in [-0.4, -0.2) is 75.2 Å². The van der Waals surface area contributed by atoms with Gasteiger partial charge in [0.1, 0.15) is 0 Å². The Kier molecular flexibility index (Phi) is 29.1. The van der Waals surface area contributed by atoms with Gasteiger partial charge in [-0.25, -0.2) is 0 Å². The number of hydrogen-bond donors (Lipinski definition) is 0. The molecule has 42 heavy (non-hydrogen) atoms. The van der Waals surface area contributed by atoms with E-state index in [1.165, 1.54) is 64.5 Å². The molecular weight excluding hydrogens is 524 g/mol. The third-order valence-electron chi connectivity index (χ3n) is 8.55. The summed E-state index contributed by atoms with van der Waals surface area (Å²) in [6.45, 7) is 14.4. The Morgan fingerprint density at radius 2 is 0.881 bits per heavy atom. The van der Waals surface area contributed by atoms with Crippen LogP contribution in [0.4, 0.5) is 0 Å². The molecule has 0 spiro atoms. The number of hydrogen-bond acceptors (Lipinski definition) is 6. The minimum absolute atomic E-state index is 0.0182. The quantitative estimate of drug-likeness (QED) is 0.0588. The van der Waals surface area contributed by atoms with Crippen molar-refractivity contribution in [3.8, 4) is 0 Å². The van der Waals surface area contributed by atoms with Crippen molar-refractivity contribution in [1.29, 1.82) is 0 Å². The lowest BCUT2D eigenvalue weighted by Crippen LogP contribution is -2.33. The Morgan fingerprint density at radius 3 is 1.24 bits per heavy atom. The van der Waals surface area contributed by atoms with Gasteiger partial charge in [0.2, 0.25) is 0 Å². The Morgan fingerprint density at radius 1 is 0.500 bits per heavy atom. The summed E-state index contributed by atoms with van der Waals surface area (Å²) in [5, 5.41) is 0. The number of rotatable bonds is 31. The van der Waals surface area contributed by atoms with E-state index in [0.29, 0.717) is 13.2 Å². The van der Waals surface area contributed by atoms with Crippen LogP contribution in [0.5, 0.6) is 0 Å². The number of ether oxygens (including phenoxy) is 2. The summed E-state index contributed by atoms with van der Waals surface area (Å²) in [6, 6.07) is 0. The Labute approximate surface area is 262 Å². The van der Waals surface area contributed by atoms with Crippen LogP contribution in [0.2, 0.25) is 0 Å². The van der Waals surface area contributed by atoms with Crippen LogP contribution in [0, 0.1) is 11.8 Å². The fourth-order valence-electron chi connectivity index (χ4n) is 5.43. The van der Waals surface area contributed by atoms with Crippen molar-refractivity contribution in [3.05, 3.63) is 0 Å². The van der Waals surface area contributed by atoms with E-state index in [4.69, 9.17) is 9.47 Å². The minimum atomic E-state index is 0.0182. The Bertz CT molecular complexity index is 567. The smallest absolute Gasteiger partial charge is 0.308 e. The summed E-state index contributed by atoms with van der Waals surface area (Å²) >= 11 is 0. The molecule has 0 saturated carbocycles. The molecule has 0 saturated heterocycles. The van der Waals surface area contributed by atoms with Crippen LogP contribution in [0.1, 0.15) is 156 Å². The minimum Gasteiger partial charge on any atom is -0.465 e. The van der Waals surface area contributed by atoms with E-state index in [0.717, 1.165) is 90.1 Å². The molecule has 0 aliphatic heterocycles. The van der Waals surface area contributed by atoms with E-state index in [-0.39, 0.29) is 23.8 Å². The predicted molar refractivity (Wildman–Crippen MR) is 179 cm³/mol. The van der Waals surface area contributed by atoms with Crippen molar-refractivity contribution in [1.82, 2.24) is 9.80 Å². The number of carbonyl (C=O) groups excluding carboxylic acids is 2. The molecule has 6 nitrogen and oxygen atoms in total. The number of likely N-dealkylation sites (N-methyl/N-ethyl adjacent to an activating group) is 1. The van der Waals surface area contributed by atoms with Gasteiger partial charge < -0.3 is 19.3 Å². The summed E-state index contributed by atoms with van der Waals surface area (Å²) in [7, 11) is 4.32. The molecule has 0 amide bonds. The van der Waals surface area contributed by atoms with Gasteiger partial charge in [0, 0.05) is 13.1 Å². The molecule has 0 heterocycles. The van der Waals surface area contributed by atoms with Gasteiger partial charge in [0.25, 0.3) is 0 Å². The molecule has 0 radical (unpaired) electrons. The number of carbonyl (C=O) groups is 2. The first-order chi connectivity index (χ1) is 20.4. The SMILES string of the molecule is CCCCC(CC)C(=O)OCCCCCCCCN(CCCCCCCCOC(=O)C(CC)CCCC)CCN(C)C. The molecule has 0 rings (SSSR count). The van der Waals surface area contributed by atoms with Crippen molar-refractivity contribution in [3.63, 3.8) is 0 Å². The topological polar surface area (TPSA) is 59.1 Å².